The molecule has 0 unspecified atom stereocenters. The number of hydrogen-bond donors (Lipinski definition) is 1. The minimum Gasteiger partial charge on any atom is -0.497 e. The Bertz CT molecular complexity index is 860. The van der Waals surface area contributed by atoms with Crippen LogP contribution in [0.5, 0.6) is 5.75 Å². The number of amides is 1. The summed E-state index contributed by atoms with van der Waals surface area (Å²) in [5.74, 6) is 0.580. The first kappa shape index (κ1) is 16.1. The summed E-state index contributed by atoms with van der Waals surface area (Å²) in [5, 5.41) is 3.52. The molecular formula is C20H16ClNO2. The van der Waals surface area contributed by atoms with Crippen molar-refractivity contribution in [2.24, 2.45) is 0 Å². The smallest absolute Gasteiger partial charge is 0.256 e. The third-order valence-corrected chi connectivity index (χ3v) is 3.91. The zero-order valence-corrected chi connectivity index (χ0v) is 13.9. The number of ether oxygens (including phenoxy) is 1. The second-order valence-electron chi connectivity index (χ2n) is 5.24. The molecule has 3 rings (SSSR count). The van der Waals surface area contributed by atoms with Gasteiger partial charge in [-0.05, 0) is 53.6 Å². The van der Waals surface area contributed by atoms with E-state index in [2.05, 4.69) is 5.32 Å². The minimum atomic E-state index is -0.171. The van der Waals surface area contributed by atoms with Crippen molar-refractivity contribution in [3.05, 3.63) is 83.4 Å². The lowest BCUT2D eigenvalue weighted by Crippen LogP contribution is -2.13. The first-order chi connectivity index (χ1) is 11.7. The van der Waals surface area contributed by atoms with Gasteiger partial charge in [0.25, 0.3) is 5.91 Å². The summed E-state index contributed by atoms with van der Waals surface area (Å²) in [4.78, 5) is 12.7. The number of methoxy groups -OCH3 is 1. The van der Waals surface area contributed by atoms with Gasteiger partial charge in [0.1, 0.15) is 5.75 Å². The van der Waals surface area contributed by atoms with Crippen LogP contribution in [0.4, 0.5) is 5.69 Å². The number of carbonyl (C=O) groups is 1. The molecule has 0 saturated heterocycles. The number of hydrogen-bond acceptors (Lipinski definition) is 2. The van der Waals surface area contributed by atoms with Gasteiger partial charge in [0.15, 0.2) is 0 Å². The van der Waals surface area contributed by atoms with Gasteiger partial charge in [-0.25, -0.2) is 0 Å². The van der Waals surface area contributed by atoms with Crippen molar-refractivity contribution in [3.8, 4) is 16.9 Å². The van der Waals surface area contributed by atoms with E-state index in [1.165, 1.54) is 0 Å². The fourth-order valence-electron chi connectivity index (χ4n) is 2.46. The van der Waals surface area contributed by atoms with E-state index >= 15 is 0 Å². The van der Waals surface area contributed by atoms with Crippen molar-refractivity contribution in [1.29, 1.82) is 0 Å². The molecule has 1 N–H and O–H groups in total. The third kappa shape index (κ3) is 3.58. The average Bonchev–Trinajstić information content (AvgIpc) is 2.63. The lowest BCUT2D eigenvalue weighted by atomic mass is 9.99. The Kier molecular flexibility index (Phi) is 4.82. The van der Waals surface area contributed by atoms with Crippen LogP contribution in [0, 0.1) is 0 Å². The van der Waals surface area contributed by atoms with Crippen molar-refractivity contribution >= 4 is 23.2 Å². The van der Waals surface area contributed by atoms with Crippen LogP contribution in [0.15, 0.2) is 72.8 Å². The summed E-state index contributed by atoms with van der Waals surface area (Å²) >= 11 is 5.87. The van der Waals surface area contributed by atoms with Gasteiger partial charge in [0.2, 0.25) is 0 Å². The molecule has 0 spiro atoms. The van der Waals surface area contributed by atoms with E-state index < -0.39 is 0 Å². The summed E-state index contributed by atoms with van der Waals surface area (Å²) in [7, 11) is 1.62. The SMILES string of the molecule is COc1cccc(-c2ccccc2C(=O)Nc2ccc(Cl)cc2)c1. The molecule has 3 aromatic carbocycles. The molecule has 0 aliphatic carbocycles. The summed E-state index contributed by atoms with van der Waals surface area (Å²) in [5.41, 5.74) is 3.07. The number of benzene rings is 3. The van der Waals surface area contributed by atoms with Crippen molar-refractivity contribution in [2.45, 2.75) is 0 Å². The molecule has 0 saturated carbocycles. The fourth-order valence-corrected chi connectivity index (χ4v) is 2.58. The molecule has 24 heavy (non-hydrogen) atoms. The first-order valence-corrected chi connectivity index (χ1v) is 7.85. The predicted molar refractivity (Wildman–Crippen MR) is 97.8 cm³/mol. The monoisotopic (exact) mass is 337 g/mol. The van der Waals surface area contributed by atoms with Crippen LogP contribution in [0.25, 0.3) is 11.1 Å². The lowest BCUT2D eigenvalue weighted by molar-refractivity contribution is 0.102. The maximum absolute atomic E-state index is 12.7. The zero-order valence-electron chi connectivity index (χ0n) is 13.1. The van der Waals surface area contributed by atoms with Crippen molar-refractivity contribution < 1.29 is 9.53 Å². The Morgan fingerprint density at radius 2 is 1.71 bits per heavy atom. The highest BCUT2D eigenvalue weighted by atomic mass is 35.5. The quantitative estimate of drug-likeness (QED) is 0.704. The minimum absolute atomic E-state index is 0.171. The van der Waals surface area contributed by atoms with Gasteiger partial charge in [0.05, 0.1) is 7.11 Å². The molecule has 0 bridgehead atoms. The van der Waals surface area contributed by atoms with Crippen LogP contribution >= 0.6 is 11.6 Å². The Balaban J connectivity index is 1.93. The molecule has 0 fully saturated rings. The molecule has 3 aromatic rings. The molecule has 1 amide bonds. The Labute approximate surface area is 145 Å². The van der Waals surface area contributed by atoms with E-state index in [-0.39, 0.29) is 5.91 Å². The highest BCUT2D eigenvalue weighted by Gasteiger charge is 2.13. The summed E-state index contributed by atoms with van der Waals surface area (Å²) in [6, 6.07) is 22.2. The van der Waals surface area contributed by atoms with Crippen LogP contribution in [0.3, 0.4) is 0 Å². The zero-order chi connectivity index (χ0) is 16.9. The van der Waals surface area contributed by atoms with Gasteiger partial charge in [-0.2, -0.15) is 0 Å². The molecule has 4 heteroatoms. The molecule has 0 aromatic heterocycles. The van der Waals surface area contributed by atoms with Gasteiger partial charge < -0.3 is 10.1 Å². The maximum atomic E-state index is 12.7. The fraction of sp³-hybridized carbons (Fsp3) is 0.0500. The number of anilines is 1. The Morgan fingerprint density at radius 1 is 0.958 bits per heavy atom. The van der Waals surface area contributed by atoms with Crippen molar-refractivity contribution in [1.82, 2.24) is 0 Å². The molecular weight excluding hydrogens is 322 g/mol. The predicted octanol–water partition coefficient (Wildman–Crippen LogP) is 5.27. The van der Waals surface area contributed by atoms with Crippen LogP contribution < -0.4 is 10.1 Å². The molecule has 0 atom stereocenters. The van der Waals surface area contributed by atoms with Crippen molar-refractivity contribution in [3.63, 3.8) is 0 Å². The summed E-state index contributed by atoms with van der Waals surface area (Å²) in [6.45, 7) is 0. The largest absolute Gasteiger partial charge is 0.497 e. The van der Waals surface area contributed by atoms with Gasteiger partial charge in [-0.1, -0.05) is 41.9 Å². The molecule has 0 aliphatic rings. The Hall–Kier alpha value is -2.78. The molecule has 0 aliphatic heterocycles. The normalized spacial score (nSPS) is 10.2. The number of rotatable bonds is 4. The lowest BCUT2D eigenvalue weighted by Gasteiger charge is -2.11. The second kappa shape index (κ2) is 7.20. The molecule has 0 heterocycles. The van der Waals surface area contributed by atoms with E-state index in [0.29, 0.717) is 16.3 Å². The van der Waals surface area contributed by atoms with Crippen LogP contribution in [-0.2, 0) is 0 Å². The van der Waals surface area contributed by atoms with Crippen LogP contribution in [0.2, 0.25) is 5.02 Å². The highest BCUT2D eigenvalue weighted by molar-refractivity contribution is 6.30. The Morgan fingerprint density at radius 3 is 2.46 bits per heavy atom. The molecule has 3 nitrogen and oxygen atoms in total. The average molecular weight is 338 g/mol. The first-order valence-electron chi connectivity index (χ1n) is 7.48. The third-order valence-electron chi connectivity index (χ3n) is 3.65. The van der Waals surface area contributed by atoms with Gasteiger partial charge >= 0.3 is 0 Å². The van der Waals surface area contributed by atoms with Crippen LogP contribution in [-0.4, -0.2) is 13.0 Å². The number of halogens is 1. The van der Waals surface area contributed by atoms with Crippen molar-refractivity contribution in [2.75, 3.05) is 12.4 Å². The molecule has 0 radical (unpaired) electrons. The van der Waals surface area contributed by atoms with E-state index in [0.717, 1.165) is 16.9 Å². The summed E-state index contributed by atoms with van der Waals surface area (Å²) < 4.78 is 5.27. The van der Waals surface area contributed by atoms with Crippen LogP contribution in [0.1, 0.15) is 10.4 Å². The molecule has 120 valence electrons. The summed E-state index contributed by atoms with van der Waals surface area (Å²) in [6.07, 6.45) is 0. The van der Waals surface area contributed by atoms with E-state index in [4.69, 9.17) is 16.3 Å². The van der Waals surface area contributed by atoms with E-state index in [1.54, 1.807) is 37.4 Å². The van der Waals surface area contributed by atoms with Gasteiger partial charge in [-0.15, -0.1) is 0 Å². The maximum Gasteiger partial charge on any atom is 0.256 e. The topological polar surface area (TPSA) is 38.3 Å². The van der Waals surface area contributed by atoms with E-state index in [1.807, 2.05) is 42.5 Å². The second-order valence-corrected chi connectivity index (χ2v) is 5.67. The van der Waals surface area contributed by atoms with Gasteiger partial charge in [0, 0.05) is 16.3 Å². The number of carbonyl (C=O) groups excluding carboxylic acids is 1. The van der Waals surface area contributed by atoms with Gasteiger partial charge in [-0.3, -0.25) is 4.79 Å². The number of nitrogens with one attached hydrogen (secondary N) is 1. The van der Waals surface area contributed by atoms with E-state index in [9.17, 15) is 4.79 Å². The highest BCUT2D eigenvalue weighted by Crippen LogP contribution is 2.27. The standard InChI is InChI=1S/C20H16ClNO2/c1-24-17-6-4-5-14(13-17)18-7-2-3-8-19(18)20(23)22-16-11-9-15(21)10-12-16/h2-13H,1H3,(H,22,23).